The summed E-state index contributed by atoms with van der Waals surface area (Å²) in [4.78, 5) is 50.3. The van der Waals surface area contributed by atoms with Crippen LogP contribution in [0.15, 0.2) is 30.3 Å². The number of likely N-dealkylation sites (tertiary alicyclic amines) is 1. The number of nitrogens with one attached hydrogen (secondary N) is 2. The number of aliphatic hydroxyl groups excluding tert-OH is 1. The molecule has 0 saturated carbocycles. The Kier molecular flexibility index (Phi) is 9.28. The van der Waals surface area contributed by atoms with Crippen molar-refractivity contribution in [2.45, 2.75) is 43.4 Å². The smallest absolute Gasteiger partial charge is 0.327 e. The lowest BCUT2D eigenvalue weighted by Gasteiger charge is -2.28. The summed E-state index contributed by atoms with van der Waals surface area (Å²) in [7, 11) is 0. The van der Waals surface area contributed by atoms with Gasteiger partial charge >= 0.3 is 5.97 Å². The molecule has 10 nitrogen and oxygen atoms in total. The van der Waals surface area contributed by atoms with E-state index >= 15 is 0 Å². The van der Waals surface area contributed by atoms with Crippen LogP contribution in [0.3, 0.4) is 0 Å². The summed E-state index contributed by atoms with van der Waals surface area (Å²) in [5.74, 6) is -3.27. The second-order valence-corrected chi connectivity index (χ2v) is 7.68. The number of carboxylic acid groups (broad SMARTS) is 1. The lowest BCUT2D eigenvalue weighted by Crippen LogP contribution is -2.58. The maximum atomic E-state index is 12.8. The molecule has 3 amide bonds. The minimum atomic E-state index is -1.36. The lowest BCUT2D eigenvalue weighted by atomic mass is 10.0. The first-order chi connectivity index (χ1) is 14.8. The van der Waals surface area contributed by atoms with Crippen LogP contribution in [0.4, 0.5) is 0 Å². The van der Waals surface area contributed by atoms with Gasteiger partial charge in [-0.25, -0.2) is 4.79 Å². The van der Waals surface area contributed by atoms with Gasteiger partial charge < -0.3 is 31.5 Å². The number of hydrogen-bond donors (Lipinski definition) is 6. The molecule has 1 aromatic carbocycles. The average Bonchev–Trinajstić information content (AvgIpc) is 3.25. The van der Waals surface area contributed by atoms with Crippen LogP contribution in [-0.4, -0.2) is 81.9 Å². The molecule has 2 rings (SSSR count). The topological polar surface area (TPSA) is 162 Å². The molecule has 1 heterocycles. The molecule has 0 aromatic heterocycles. The number of carboxylic acids is 1. The molecule has 4 atom stereocenters. The Bertz CT molecular complexity index is 793. The molecule has 4 unspecified atom stereocenters. The van der Waals surface area contributed by atoms with Gasteiger partial charge in [-0.15, -0.1) is 0 Å². The van der Waals surface area contributed by atoms with E-state index in [-0.39, 0.29) is 11.7 Å². The molecule has 0 aliphatic carbocycles. The highest BCUT2D eigenvalue weighted by Crippen LogP contribution is 2.19. The second-order valence-electron chi connectivity index (χ2n) is 7.31. The van der Waals surface area contributed by atoms with E-state index in [2.05, 4.69) is 23.3 Å². The maximum absolute atomic E-state index is 12.8. The number of hydrogen-bond acceptors (Lipinski definition) is 7. The zero-order valence-corrected chi connectivity index (χ0v) is 17.8. The Morgan fingerprint density at radius 1 is 1.16 bits per heavy atom. The van der Waals surface area contributed by atoms with Crippen molar-refractivity contribution in [1.29, 1.82) is 0 Å². The third kappa shape index (κ3) is 6.68. The number of benzene rings is 1. The number of carbonyl (C=O) groups is 4. The van der Waals surface area contributed by atoms with Crippen LogP contribution in [0.2, 0.25) is 0 Å². The first-order valence-electron chi connectivity index (χ1n) is 9.93. The monoisotopic (exact) mass is 452 g/mol. The Hall–Kier alpha value is -2.63. The molecular weight excluding hydrogens is 424 g/mol. The Balaban J connectivity index is 1.99. The average molecular weight is 453 g/mol. The molecule has 0 radical (unpaired) electrons. The zero-order chi connectivity index (χ0) is 23.0. The highest BCUT2D eigenvalue weighted by Gasteiger charge is 2.37. The third-order valence-corrected chi connectivity index (χ3v) is 5.43. The van der Waals surface area contributed by atoms with Gasteiger partial charge in [-0.05, 0) is 24.8 Å². The van der Waals surface area contributed by atoms with Crippen LogP contribution >= 0.6 is 12.6 Å². The first kappa shape index (κ1) is 24.6. The molecule has 0 spiro atoms. The Labute approximate surface area is 185 Å². The van der Waals surface area contributed by atoms with Crippen LogP contribution in [-0.2, 0) is 25.6 Å². The van der Waals surface area contributed by atoms with Gasteiger partial charge in [0.2, 0.25) is 17.7 Å². The van der Waals surface area contributed by atoms with Crippen molar-refractivity contribution in [3.63, 3.8) is 0 Å². The SMILES string of the molecule is NC(Cc1ccccc1)C(=O)N1CCCC1C(=O)NC(CO)C(=O)NC(CS)C(=O)O. The van der Waals surface area contributed by atoms with Crippen molar-refractivity contribution in [1.82, 2.24) is 15.5 Å². The van der Waals surface area contributed by atoms with Gasteiger partial charge in [0.1, 0.15) is 18.1 Å². The van der Waals surface area contributed by atoms with Crippen molar-refractivity contribution < 1.29 is 29.4 Å². The second kappa shape index (κ2) is 11.7. The quantitative estimate of drug-likeness (QED) is 0.236. The van der Waals surface area contributed by atoms with E-state index in [4.69, 9.17) is 10.8 Å². The lowest BCUT2D eigenvalue weighted by molar-refractivity contribution is -0.142. The Morgan fingerprint density at radius 2 is 1.84 bits per heavy atom. The van der Waals surface area contributed by atoms with Crippen molar-refractivity contribution in [3.8, 4) is 0 Å². The van der Waals surface area contributed by atoms with E-state index in [1.807, 2.05) is 30.3 Å². The van der Waals surface area contributed by atoms with Gasteiger partial charge in [-0.2, -0.15) is 12.6 Å². The van der Waals surface area contributed by atoms with E-state index < -0.39 is 48.6 Å². The number of nitrogens with two attached hydrogens (primary N) is 1. The van der Waals surface area contributed by atoms with Crippen molar-refractivity contribution in [3.05, 3.63) is 35.9 Å². The van der Waals surface area contributed by atoms with Crippen LogP contribution in [0, 0.1) is 0 Å². The van der Waals surface area contributed by atoms with E-state index in [1.165, 1.54) is 4.90 Å². The maximum Gasteiger partial charge on any atom is 0.327 e. The number of amides is 3. The molecule has 0 bridgehead atoms. The fourth-order valence-electron chi connectivity index (χ4n) is 3.39. The van der Waals surface area contributed by atoms with Gasteiger partial charge in [-0.3, -0.25) is 14.4 Å². The van der Waals surface area contributed by atoms with E-state index in [9.17, 15) is 24.3 Å². The predicted octanol–water partition coefficient (Wildman–Crippen LogP) is -1.48. The Morgan fingerprint density at radius 3 is 2.42 bits per heavy atom. The fourth-order valence-corrected chi connectivity index (χ4v) is 3.64. The van der Waals surface area contributed by atoms with Crippen LogP contribution in [0.5, 0.6) is 0 Å². The van der Waals surface area contributed by atoms with Crippen molar-refractivity contribution >= 4 is 36.3 Å². The normalized spacial score (nSPS) is 18.7. The summed E-state index contributed by atoms with van der Waals surface area (Å²) in [5.41, 5.74) is 6.98. The number of aliphatic carboxylic acids is 1. The first-order valence-corrected chi connectivity index (χ1v) is 10.6. The molecule has 1 aliphatic heterocycles. The van der Waals surface area contributed by atoms with Crippen molar-refractivity contribution in [2.75, 3.05) is 18.9 Å². The highest BCUT2D eigenvalue weighted by molar-refractivity contribution is 7.80. The summed E-state index contributed by atoms with van der Waals surface area (Å²) in [6, 6.07) is 5.02. The van der Waals surface area contributed by atoms with Gasteiger partial charge in [0, 0.05) is 12.3 Å². The molecule has 31 heavy (non-hydrogen) atoms. The minimum absolute atomic E-state index is 0.155. The number of carbonyl (C=O) groups excluding carboxylic acids is 3. The van der Waals surface area contributed by atoms with E-state index in [0.29, 0.717) is 25.8 Å². The zero-order valence-electron chi connectivity index (χ0n) is 16.9. The molecule has 11 heteroatoms. The molecular formula is C20H28N4O6S. The van der Waals surface area contributed by atoms with E-state index in [1.54, 1.807) is 0 Å². The van der Waals surface area contributed by atoms with E-state index in [0.717, 1.165) is 5.56 Å². The largest absolute Gasteiger partial charge is 0.480 e. The number of aliphatic hydroxyl groups is 1. The highest BCUT2D eigenvalue weighted by atomic mass is 32.1. The number of rotatable bonds is 10. The number of nitrogens with zero attached hydrogens (tertiary/aromatic N) is 1. The fraction of sp³-hybridized carbons (Fsp3) is 0.500. The van der Waals surface area contributed by atoms with Gasteiger partial charge in [0.25, 0.3) is 0 Å². The third-order valence-electron chi connectivity index (χ3n) is 5.07. The van der Waals surface area contributed by atoms with Gasteiger partial charge in [-0.1, -0.05) is 30.3 Å². The van der Waals surface area contributed by atoms with Crippen LogP contribution in [0.25, 0.3) is 0 Å². The van der Waals surface area contributed by atoms with Crippen LogP contribution in [0.1, 0.15) is 18.4 Å². The number of thiol groups is 1. The standard InChI is InChI=1S/C20H28N4O6S/c21-13(9-12-5-2-1-3-6-12)19(28)24-8-4-7-16(24)18(27)22-14(10-25)17(26)23-15(11-31)20(29)30/h1-3,5-6,13-16,25,31H,4,7-11,21H2,(H,22,27)(H,23,26)(H,29,30). The molecule has 1 aromatic rings. The summed E-state index contributed by atoms with van der Waals surface area (Å²) in [6.07, 6.45) is 1.31. The van der Waals surface area contributed by atoms with Crippen LogP contribution < -0.4 is 16.4 Å². The molecule has 170 valence electrons. The predicted molar refractivity (Wildman–Crippen MR) is 115 cm³/mol. The molecule has 1 fully saturated rings. The minimum Gasteiger partial charge on any atom is -0.480 e. The van der Waals surface area contributed by atoms with Gasteiger partial charge in [0.05, 0.1) is 12.6 Å². The summed E-state index contributed by atoms with van der Waals surface area (Å²) in [5, 5.41) is 23.1. The summed E-state index contributed by atoms with van der Waals surface area (Å²) < 4.78 is 0. The molecule has 6 N–H and O–H groups in total. The summed E-state index contributed by atoms with van der Waals surface area (Å²) >= 11 is 3.86. The van der Waals surface area contributed by atoms with Crippen molar-refractivity contribution in [2.24, 2.45) is 5.73 Å². The summed E-state index contributed by atoms with van der Waals surface area (Å²) in [6.45, 7) is -0.374. The molecule has 1 aliphatic rings. The van der Waals surface area contributed by atoms with Gasteiger partial charge in [0.15, 0.2) is 0 Å². The molecule has 1 saturated heterocycles.